The fourth-order valence-electron chi connectivity index (χ4n) is 2.55. The SMILES string of the molecule is Cc1ccc(S(=O)(=O)Oc2ccc(Cl)cc2C(=S)N2CCOCC2)cc1. The molecule has 8 heteroatoms. The third-order valence-electron chi connectivity index (χ3n) is 3.98. The molecule has 5 nitrogen and oxygen atoms in total. The molecule has 0 aromatic heterocycles. The van der Waals surface area contributed by atoms with E-state index >= 15 is 0 Å². The number of morpholine rings is 1. The second kappa shape index (κ2) is 7.92. The summed E-state index contributed by atoms with van der Waals surface area (Å²) in [6.07, 6.45) is 0. The van der Waals surface area contributed by atoms with Gasteiger partial charge in [0.1, 0.15) is 9.88 Å². The Morgan fingerprint density at radius 2 is 1.81 bits per heavy atom. The van der Waals surface area contributed by atoms with Crippen LogP contribution in [0.3, 0.4) is 0 Å². The number of hydrogen-bond donors (Lipinski definition) is 0. The summed E-state index contributed by atoms with van der Waals surface area (Å²) in [7, 11) is -3.98. The lowest BCUT2D eigenvalue weighted by molar-refractivity contribution is 0.0692. The first kappa shape index (κ1) is 19.1. The number of rotatable bonds is 4. The van der Waals surface area contributed by atoms with Crippen molar-refractivity contribution in [3.05, 3.63) is 58.6 Å². The minimum absolute atomic E-state index is 0.0845. The lowest BCUT2D eigenvalue weighted by Gasteiger charge is -2.29. The van der Waals surface area contributed by atoms with Gasteiger partial charge in [-0.2, -0.15) is 8.42 Å². The average molecular weight is 412 g/mol. The fraction of sp³-hybridized carbons (Fsp3) is 0.278. The van der Waals surface area contributed by atoms with Gasteiger partial charge in [-0.25, -0.2) is 0 Å². The molecule has 0 amide bonds. The van der Waals surface area contributed by atoms with Gasteiger partial charge in [0.2, 0.25) is 0 Å². The largest absolute Gasteiger partial charge is 0.378 e. The van der Waals surface area contributed by atoms with Crippen molar-refractivity contribution in [1.82, 2.24) is 4.90 Å². The van der Waals surface area contributed by atoms with Gasteiger partial charge in [0, 0.05) is 18.1 Å². The molecule has 1 aliphatic rings. The van der Waals surface area contributed by atoms with Crippen molar-refractivity contribution in [2.24, 2.45) is 0 Å². The number of aryl methyl sites for hydroxylation is 1. The molecule has 26 heavy (non-hydrogen) atoms. The molecule has 0 bridgehead atoms. The number of benzene rings is 2. The zero-order chi connectivity index (χ0) is 18.7. The number of nitrogens with zero attached hydrogens (tertiary/aromatic N) is 1. The Bertz CT molecular complexity index is 907. The molecule has 0 radical (unpaired) electrons. The highest BCUT2D eigenvalue weighted by Gasteiger charge is 2.23. The lowest BCUT2D eigenvalue weighted by Crippen LogP contribution is -2.40. The smallest absolute Gasteiger partial charge is 0.339 e. The van der Waals surface area contributed by atoms with Crippen LogP contribution in [0.15, 0.2) is 47.4 Å². The third kappa shape index (κ3) is 4.35. The van der Waals surface area contributed by atoms with Crippen molar-refractivity contribution in [3.8, 4) is 5.75 Å². The first-order valence-corrected chi connectivity index (χ1v) is 10.2. The van der Waals surface area contributed by atoms with Crippen molar-refractivity contribution in [1.29, 1.82) is 0 Å². The van der Waals surface area contributed by atoms with Gasteiger partial charge in [-0.05, 0) is 37.3 Å². The predicted molar refractivity (Wildman–Crippen MR) is 105 cm³/mol. The van der Waals surface area contributed by atoms with Crippen LogP contribution in [0.2, 0.25) is 5.02 Å². The molecular formula is C18H18ClNO4S2. The van der Waals surface area contributed by atoms with Gasteiger partial charge in [0.15, 0.2) is 5.75 Å². The van der Waals surface area contributed by atoms with E-state index in [0.29, 0.717) is 41.9 Å². The van der Waals surface area contributed by atoms with E-state index < -0.39 is 10.1 Å². The Hall–Kier alpha value is -1.67. The van der Waals surface area contributed by atoms with Crippen LogP contribution in [0.25, 0.3) is 0 Å². The Labute approximate surface area is 163 Å². The number of hydrogen-bond acceptors (Lipinski definition) is 5. The Balaban J connectivity index is 1.92. The van der Waals surface area contributed by atoms with Crippen LogP contribution >= 0.6 is 23.8 Å². The molecule has 1 fully saturated rings. The molecule has 0 N–H and O–H groups in total. The second-order valence-corrected chi connectivity index (χ2v) is 8.27. The summed E-state index contributed by atoms with van der Waals surface area (Å²) in [5, 5.41) is 0.454. The summed E-state index contributed by atoms with van der Waals surface area (Å²) in [4.78, 5) is 2.53. The van der Waals surface area contributed by atoms with E-state index in [0.717, 1.165) is 5.56 Å². The van der Waals surface area contributed by atoms with Crippen LogP contribution in [0.1, 0.15) is 11.1 Å². The molecule has 0 atom stereocenters. The summed E-state index contributed by atoms with van der Waals surface area (Å²) in [5.74, 6) is 0.159. The van der Waals surface area contributed by atoms with Crippen LogP contribution in [-0.4, -0.2) is 44.6 Å². The van der Waals surface area contributed by atoms with E-state index in [1.165, 1.54) is 18.2 Å². The van der Waals surface area contributed by atoms with Crippen molar-refractivity contribution in [2.75, 3.05) is 26.3 Å². The van der Waals surface area contributed by atoms with Crippen LogP contribution in [0.5, 0.6) is 5.75 Å². The van der Waals surface area contributed by atoms with Crippen LogP contribution in [-0.2, 0) is 14.9 Å². The van der Waals surface area contributed by atoms with Crippen molar-refractivity contribution < 1.29 is 17.3 Å². The molecule has 0 spiro atoms. The minimum Gasteiger partial charge on any atom is -0.378 e. The molecule has 2 aromatic rings. The van der Waals surface area contributed by atoms with E-state index in [2.05, 4.69) is 0 Å². The fourth-order valence-corrected chi connectivity index (χ4v) is 4.01. The molecule has 1 aliphatic heterocycles. The summed E-state index contributed by atoms with van der Waals surface area (Å²) in [6.45, 7) is 4.29. The third-order valence-corrected chi connectivity index (χ3v) is 5.94. The van der Waals surface area contributed by atoms with Gasteiger partial charge < -0.3 is 13.8 Å². The van der Waals surface area contributed by atoms with E-state index in [9.17, 15) is 8.42 Å². The Morgan fingerprint density at radius 3 is 2.46 bits per heavy atom. The maximum Gasteiger partial charge on any atom is 0.339 e. The van der Waals surface area contributed by atoms with Gasteiger partial charge in [0.25, 0.3) is 0 Å². The summed E-state index contributed by atoms with van der Waals surface area (Å²) < 4.78 is 36.0. The maximum atomic E-state index is 12.6. The standard InChI is InChI=1S/C18H18ClNO4S2/c1-13-2-5-15(6-3-13)26(21,22)24-17-7-4-14(19)12-16(17)18(25)20-8-10-23-11-9-20/h2-7,12H,8-11H2,1H3. The van der Waals surface area contributed by atoms with E-state index in [1.54, 1.807) is 24.3 Å². The van der Waals surface area contributed by atoms with Gasteiger partial charge in [-0.3, -0.25) is 0 Å². The van der Waals surface area contributed by atoms with Gasteiger partial charge in [-0.15, -0.1) is 0 Å². The molecule has 3 rings (SSSR count). The number of ether oxygens (including phenoxy) is 1. The van der Waals surface area contributed by atoms with Crippen LogP contribution in [0, 0.1) is 6.92 Å². The second-order valence-electron chi connectivity index (χ2n) is 5.90. The minimum atomic E-state index is -3.98. The zero-order valence-electron chi connectivity index (χ0n) is 14.1. The first-order chi connectivity index (χ1) is 12.4. The molecule has 2 aromatic carbocycles. The monoisotopic (exact) mass is 411 g/mol. The van der Waals surface area contributed by atoms with Crippen molar-refractivity contribution >= 4 is 38.9 Å². The highest BCUT2D eigenvalue weighted by Crippen LogP contribution is 2.28. The molecule has 0 aliphatic carbocycles. The van der Waals surface area contributed by atoms with E-state index in [4.69, 9.17) is 32.7 Å². The van der Waals surface area contributed by atoms with Crippen LogP contribution in [0.4, 0.5) is 0 Å². The first-order valence-electron chi connectivity index (χ1n) is 8.04. The molecule has 0 unspecified atom stereocenters. The van der Waals surface area contributed by atoms with Crippen LogP contribution < -0.4 is 4.18 Å². The Morgan fingerprint density at radius 1 is 1.15 bits per heavy atom. The maximum absolute atomic E-state index is 12.6. The zero-order valence-corrected chi connectivity index (χ0v) is 16.5. The average Bonchev–Trinajstić information content (AvgIpc) is 2.63. The summed E-state index contributed by atoms with van der Waals surface area (Å²) in [6, 6.07) is 11.2. The predicted octanol–water partition coefficient (Wildman–Crippen LogP) is 3.42. The lowest BCUT2D eigenvalue weighted by atomic mass is 10.2. The Kier molecular flexibility index (Phi) is 5.82. The topological polar surface area (TPSA) is 55.8 Å². The molecule has 1 saturated heterocycles. The molecular weight excluding hydrogens is 394 g/mol. The normalized spacial score (nSPS) is 14.9. The summed E-state index contributed by atoms with van der Waals surface area (Å²) in [5.41, 5.74) is 1.44. The highest BCUT2D eigenvalue weighted by atomic mass is 35.5. The molecule has 1 heterocycles. The molecule has 0 saturated carbocycles. The summed E-state index contributed by atoms with van der Waals surface area (Å²) >= 11 is 11.6. The quantitative estimate of drug-likeness (QED) is 0.567. The van der Waals surface area contributed by atoms with E-state index in [1.807, 2.05) is 11.8 Å². The van der Waals surface area contributed by atoms with Gasteiger partial charge in [-0.1, -0.05) is 41.5 Å². The highest BCUT2D eigenvalue weighted by molar-refractivity contribution is 7.87. The van der Waals surface area contributed by atoms with Gasteiger partial charge >= 0.3 is 10.1 Å². The van der Waals surface area contributed by atoms with Crippen molar-refractivity contribution in [3.63, 3.8) is 0 Å². The number of thiocarbonyl (C=S) groups is 1. The molecule has 138 valence electrons. The number of halogens is 1. The van der Waals surface area contributed by atoms with Crippen molar-refractivity contribution in [2.45, 2.75) is 11.8 Å². The van der Waals surface area contributed by atoms with E-state index in [-0.39, 0.29) is 10.6 Å². The van der Waals surface area contributed by atoms with Gasteiger partial charge in [0.05, 0.1) is 18.8 Å².